The van der Waals surface area contributed by atoms with Crippen LogP contribution in [0, 0.1) is 0 Å². The third-order valence-corrected chi connectivity index (χ3v) is 5.56. The lowest BCUT2D eigenvalue weighted by Crippen LogP contribution is -2.39. The van der Waals surface area contributed by atoms with Crippen LogP contribution in [0.2, 0.25) is 5.02 Å². The number of fused-ring (bicyclic) bond motifs is 1. The van der Waals surface area contributed by atoms with Gasteiger partial charge in [-0.2, -0.15) is 0 Å². The van der Waals surface area contributed by atoms with E-state index in [9.17, 15) is 4.79 Å². The molecule has 7 nitrogen and oxygen atoms in total. The van der Waals surface area contributed by atoms with Crippen LogP contribution in [0.1, 0.15) is 34.6 Å². The molecule has 4 rings (SSSR count). The molecule has 1 amide bonds. The van der Waals surface area contributed by atoms with Crippen molar-refractivity contribution in [2.24, 2.45) is 0 Å². The van der Waals surface area contributed by atoms with Crippen LogP contribution in [0.3, 0.4) is 0 Å². The van der Waals surface area contributed by atoms with E-state index in [-0.39, 0.29) is 12.0 Å². The quantitative estimate of drug-likeness (QED) is 0.604. The summed E-state index contributed by atoms with van der Waals surface area (Å²) in [6, 6.07) is 7.58. The number of pyridine rings is 2. The van der Waals surface area contributed by atoms with E-state index in [1.165, 1.54) is 0 Å². The molecule has 1 aliphatic rings. The number of hydrogen-bond donors (Lipinski definition) is 0. The molecule has 30 heavy (non-hydrogen) atoms. The molecule has 0 radical (unpaired) electrons. The second-order valence-electron chi connectivity index (χ2n) is 7.85. The van der Waals surface area contributed by atoms with Crippen LogP contribution in [0.4, 0.5) is 0 Å². The van der Waals surface area contributed by atoms with Gasteiger partial charge in [0.05, 0.1) is 23.4 Å². The van der Waals surface area contributed by atoms with Crippen molar-refractivity contribution in [2.75, 3.05) is 27.2 Å². The Labute approximate surface area is 181 Å². The van der Waals surface area contributed by atoms with Crippen molar-refractivity contribution in [3.63, 3.8) is 0 Å². The van der Waals surface area contributed by atoms with Gasteiger partial charge in [0.2, 0.25) is 0 Å². The number of halogens is 1. The van der Waals surface area contributed by atoms with Gasteiger partial charge in [0, 0.05) is 45.8 Å². The molecule has 1 fully saturated rings. The number of nitrogens with zero attached hydrogens (tertiary/aromatic N) is 5. The second-order valence-corrected chi connectivity index (χ2v) is 8.29. The summed E-state index contributed by atoms with van der Waals surface area (Å²) in [4.78, 5) is 25.4. The van der Waals surface area contributed by atoms with Gasteiger partial charge in [-0.25, -0.2) is 4.98 Å². The molecule has 158 valence electrons. The van der Waals surface area contributed by atoms with Crippen LogP contribution in [-0.4, -0.2) is 63.4 Å². The Hall–Kier alpha value is -2.48. The number of ether oxygens (including phenoxy) is 1. The van der Waals surface area contributed by atoms with E-state index in [0.29, 0.717) is 23.9 Å². The maximum Gasteiger partial charge on any atom is 0.273 e. The molecule has 0 saturated carbocycles. The zero-order chi connectivity index (χ0) is 21.1. The fraction of sp³-hybridized carbons (Fsp3) is 0.409. The minimum atomic E-state index is -0.105. The van der Waals surface area contributed by atoms with Crippen molar-refractivity contribution >= 4 is 23.2 Å². The standard InChI is InChI=1S/C22H26ClN5O2/c1-26(2)22(29)21-19(28-12-17(23)7-8-20(28)25-21)14-27-10-4-6-18(13-27)30-15-16-5-3-9-24-11-16/h3,5,7-9,11-12,18H,4,6,10,13-15H2,1-2H3/t18-/m1/s1. The van der Waals surface area contributed by atoms with E-state index in [4.69, 9.17) is 16.3 Å². The average molecular weight is 428 g/mol. The van der Waals surface area contributed by atoms with Crippen LogP contribution < -0.4 is 0 Å². The van der Waals surface area contributed by atoms with Gasteiger partial charge >= 0.3 is 0 Å². The SMILES string of the molecule is CN(C)C(=O)c1nc2ccc(Cl)cn2c1CN1CCC[C@@H](OCc2cccnc2)C1. The lowest BCUT2D eigenvalue weighted by molar-refractivity contribution is -0.0125. The van der Waals surface area contributed by atoms with Crippen LogP contribution in [-0.2, 0) is 17.9 Å². The monoisotopic (exact) mass is 427 g/mol. The Balaban J connectivity index is 1.52. The van der Waals surface area contributed by atoms with Crippen LogP contribution in [0.5, 0.6) is 0 Å². The van der Waals surface area contributed by atoms with Gasteiger partial charge in [0.15, 0.2) is 5.69 Å². The van der Waals surface area contributed by atoms with Gasteiger partial charge in [-0.05, 0) is 43.1 Å². The number of likely N-dealkylation sites (tertiary alicyclic amines) is 1. The highest BCUT2D eigenvalue weighted by atomic mass is 35.5. The molecule has 3 aromatic rings. The van der Waals surface area contributed by atoms with Gasteiger partial charge < -0.3 is 14.0 Å². The first-order valence-corrected chi connectivity index (χ1v) is 10.5. The average Bonchev–Trinajstić information content (AvgIpc) is 3.10. The number of rotatable bonds is 6. The van der Waals surface area contributed by atoms with E-state index >= 15 is 0 Å². The summed E-state index contributed by atoms with van der Waals surface area (Å²) in [5, 5.41) is 0.612. The summed E-state index contributed by atoms with van der Waals surface area (Å²) < 4.78 is 8.07. The van der Waals surface area contributed by atoms with E-state index in [2.05, 4.69) is 14.9 Å². The van der Waals surface area contributed by atoms with Crippen molar-refractivity contribution in [2.45, 2.75) is 32.1 Å². The van der Waals surface area contributed by atoms with Crippen molar-refractivity contribution in [1.82, 2.24) is 24.2 Å². The minimum absolute atomic E-state index is 0.105. The van der Waals surface area contributed by atoms with E-state index in [1.54, 1.807) is 31.3 Å². The Kier molecular flexibility index (Phi) is 6.32. The largest absolute Gasteiger partial charge is 0.372 e. The van der Waals surface area contributed by atoms with Crippen molar-refractivity contribution in [3.8, 4) is 0 Å². The highest BCUT2D eigenvalue weighted by Gasteiger charge is 2.26. The number of carbonyl (C=O) groups is 1. The molecule has 0 spiro atoms. The highest BCUT2D eigenvalue weighted by molar-refractivity contribution is 6.30. The van der Waals surface area contributed by atoms with Gasteiger partial charge in [-0.3, -0.25) is 14.7 Å². The zero-order valence-electron chi connectivity index (χ0n) is 17.3. The molecular weight excluding hydrogens is 402 g/mol. The molecule has 0 unspecified atom stereocenters. The predicted molar refractivity (Wildman–Crippen MR) is 116 cm³/mol. The first-order valence-electron chi connectivity index (χ1n) is 10.1. The summed E-state index contributed by atoms with van der Waals surface area (Å²) >= 11 is 6.22. The number of amides is 1. The molecule has 0 aliphatic carbocycles. The molecule has 4 heterocycles. The van der Waals surface area contributed by atoms with E-state index < -0.39 is 0 Å². The highest BCUT2D eigenvalue weighted by Crippen LogP contribution is 2.22. The summed E-state index contributed by atoms with van der Waals surface area (Å²) in [6.45, 7) is 2.94. The number of carbonyl (C=O) groups excluding carboxylic acids is 1. The lowest BCUT2D eigenvalue weighted by atomic mass is 10.1. The topological polar surface area (TPSA) is 63.0 Å². The Bertz CT molecular complexity index is 1020. The first-order chi connectivity index (χ1) is 14.5. The Morgan fingerprint density at radius 1 is 1.33 bits per heavy atom. The molecule has 0 N–H and O–H groups in total. The number of aromatic nitrogens is 3. The smallest absolute Gasteiger partial charge is 0.273 e. The van der Waals surface area contributed by atoms with Crippen molar-refractivity contribution in [1.29, 1.82) is 0 Å². The molecule has 1 atom stereocenters. The third-order valence-electron chi connectivity index (χ3n) is 5.33. The first kappa shape index (κ1) is 20.8. The fourth-order valence-corrected chi connectivity index (χ4v) is 3.96. The third kappa shape index (κ3) is 4.64. The normalized spacial score (nSPS) is 17.4. The van der Waals surface area contributed by atoms with Crippen molar-refractivity contribution < 1.29 is 9.53 Å². The van der Waals surface area contributed by atoms with Gasteiger partial charge in [-0.15, -0.1) is 0 Å². The second kappa shape index (κ2) is 9.12. The molecule has 1 aliphatic heterocycles. The molecule has 1 saturated heterocycles. The van der Waals surface area contributed by atoms with Gasteiger partial charge in [0.1, 0.15) is 5.65 Å². The van der Waals surface area contributed by atoms with E-state index in [1.807, 2.05) is 35.0 Å². The fourth-order valence-electron chi connectivity index (χ4n) is 3.80. The molecule has 0 aromatic carbocycles. The Morgan fingerprint density at radius 2 is 2.20 bits per heavy atom. The number of imidazole rings is 1. The summed E-state index contributed by atoms with van der Waals surface area (Å²) in [7, 11) is 3.48. The molecule has 3 aromatic heterocycles. The number of hydrogen-bond acceptors (Lipinski definition) is 5. The summed E-state index contributed by atoms with van der Waals surface area (Å²) in [6.07, 6.45) is 7.65. The van der Waals surface area contributed by atoms with Crippen LogP contribution >= 0.6 is 11.6 Å². The zero-order valence-corrected chi connectivity index (χ0v) is 18.0. The molecule has 0 bridgehead atoms. The maximum atomic E-state index is 12.8. The van der Waals surface area contributed by atoms with Crippen LogP contribution in [0.25, 0.3) is 5.65 Å². The minimum Gasteiger partial charge on any atom is -0.372 e. The van der Waals surface area contributed by atoms with Crippen LogP contribution in [0.15, 0.2) is 42.9 Å². The maximum absolute atomic E-state index is 12.8. The molecule has 8 heteroatoms. The summed E-state index contributed by atoms with van der Waals surface area (Å²) in [5.74, 6) is -0.105. The van der Waals surface area contributed by atoms with Gasteiger partial charge in [0.25, 0.3) is 5.91 Å². The molecular formula is C22H26ClN5O2. The van der Waals surface area contributed by atoms with Gasteiger partial charge in [-0.1, -0.05) is 17.7 Å². The Morgan fingerprint density at radius 3 is 2.97 bits per heavy atom. The number of piperidine rings is 1. The predicted octanol–water partition coefficient (Wildman–Crippen LogP) is 3.27. The van der Waals surface area contributed by atoms with E-state index in [0.717, 1.165) is 42.8 Å². The summed E-state index contributed by atoms with van der Waals surface area (Å²) in [5.41, 5.74) is 3.13. The van der Waals surface area contributed by atoms with Crippen molar-refractivity contribution in [3.05, 3.63) is 64.8 Å². The lowest BCUT2D eigenvalue weighted by Gasteiger charge is -2.32.